The Morgan fingerprint density at radius 1 is 0.639 bits per heavy atom. The first-order valence-corrected chi connectivity index (χ1v) is 17.3. The fourth-order valence-corrected chi connectivity index (χ4v) is 6.96. The van der Waals surface area contributed by atoms with Gasteiger partial charge in [0, 0.05) is 6.42 Å². The first-order chi connectivity index (χ1) is 17.3. The van der Waals surface area contributed by atoms with Crippen molar-refractivity contribution in [2.75, 3.05) is 27.7 Å². The topological polar surface area (TPSA) is 46.5 Å². The van der Waals surface area contributed by atoms with E-state index in [1.54, 1.807) is 0 Å². The minimum absolute atomic E-state index is 0.342. The van der Waals surface area contributed by atoms with E-state index < -0.39 is 7.60 Å². The van der Waals surface area contributed by atoms with E-state index in [0.717, 1.165) is 32.1 Å². The van der Waals surface area contributed by atoms with Crippen molar-refractivity contribution >= 4 is 7.60 Å². The smallest absolute Gasteiger partial charge is 0.320 e. The predicted octanol–water partition coefficient (Wildman–Crippen LogP) is 10.4. The van der Waals surface area contributed by atoms with Gasteiger partial charge in [-0.1, -0.05) is 122 Å². The molecule has 0 rings (SSSR count). The summed E-state index contributed by atoms with van der Waals surface area (Å²) in [5, 5.41) is 0. The average molecular weight is 531 g/mol. The van der Waals surface area contributed by atoms with Crippen LogP contribution in [0.2, 0.25) is 0 Å². The van der Waals surface area contributed by atoms with Gasteiger partial charge in [-0.05, 0) is 38.5 Å². The van der Waals surface area contributed by atoms with Gasteiger partial charge in [0.05, 0.1) is 27.7 Å². The molecule has 0 spiro atoms. The fourth-order valence-electron chi connectivity index (χ4n) is 4.94. The van der Waals surface area contributed by atoms with E-state index in [-0.39, 0.29) is 5.78 Å². The molecule has 0 aliphatic rings. The maximum absolute atomic E-state index is 12.7. The van der Waals surface area contributed by atoms with Gasteiger partial charge in [-0.2, -0.15) is 0 Å². The first kappa shape index (κ1) is 35.9. The zero-order valence-corrected chi connectivity index (χ0v) is 26.0. The van der Waals surface area contributed by atoms with Crippen molar-refractivity contribution in [3.05, 3.63) is 12.2 Å². The maximum atomic E-state index is 12.7. The summed E-state index contributed by atoms with van der Waals surface area (Å²) in [6, 6.07) is 0. The molecule has 0 aliphatic carbocycles. The third-order valence-electron chi connectivity index (χ3n) is 7.25. The number of unbranched alkanes of at least 4 members (excludes halogenated alkanes) is 18. The Kier molecular flexibility index (Phi) is 23.8. The van der Waals surface area contributed by atoms with Crippen LogP contribution in [-0.4, -0.2) is 42.9 Å². The van der Waals surface area contributed by atoms with Crippen LogP contribution in [0.15, 0.2) is 12.2 Å². The summed E-state index contributed by atoms with van der Waals surface area (Å²) in [5.74, 6) is -0.342. The lowest BCUT2D eigenvalue weighted by Gasteiger charge is -2.35. The molecule has 2 atom stereocenters. The van der Waals surface area contributed by atoms with E-state index in [9.17, 15) is 9.46 Å². The van der Waals surface area contributed by atoms with Gasteiger partial charge < -0.3 is 13.9 Å². The van der Waals surface area contributed by atoms with Gasteiger partial charge in [-0.15, -0.1) is 0 Å². The maximum Gasteiger partial charge on any atom is 0.385 e. The Bertz CT molecular complexity index is 544. The summed E-state index contributed by atoms with van der Waals surface area (Å²) in [6.45, 7) is 4.73. The van der Waals surface area contributed by atoms with Crippen LogP contribution in [0.1, 0.15) is 155 Å². The Hall–Kier alpha value is -0.150. The number of quaternary nitrogens is 1. The number of hydrogen-bond acceptors (Lipinski definition) is 2. The molecule has 0 radical (unpaired) electrons. The second kappa shape index (κ2) is 23.9. The Morgan fingerprint density at radius 2 is 1.03 bits per heavy atom. The van der Waals surface area contributed by atoms with Crippen LogP contribution in [0.25, 0.3) is 0 Å². The van der Waals surface area contributed by atoms with Crippen molar-refractivity contribution in [1.82, 2.24) is 0 Å². The van der Waals surface area contributed by atoms with E-state index in [1.807, 2.05) is 21.1 Å². The van der Waals surface area contributed by atoms with Crippen molar-refractivity contribution in [3.63, 3.8) is 0 Å². The summed E-state index contributed by atoms with van der Waals surface area (Å²) in [5.41, 5.74) is 0. The van der Waals surface area contributed by atoms with Gasteiger partial charge in [0.1, 0.15) is 0 Å². The quantitative estimate of drug-likeness (QED) is 0.0497. The molecule has 0 aliphatic heterocycles. The van der Waals surface area contributed by atoms with Gasteiger partial charge in [0.2, 0.25) is 0 Å². The Morgan fingerprint density at radius 3 is 1.42 bits per heavy atom. The molecule has 0 saturated carbocycles. The SMILES string of the molecule is CCCCCCCCCCCCCCCCCC=CCCCCCOP(=O)(O)C(CCC)[N+](C)(C)C. The van der Waals surface area contributed by atoms with Crippen LogP contribution in [0, 0.1) is 0 Å². The molecule has 4 nitrogen and oxygen atoms in total. The molecule has 0 bridgehead atoms. The third-order valence-corrected chi connectivity index (χ3v) is 9.51. The first-order valence-electron chi connectivity index (χ1n) is 15.7. The molecule has 0 aromatic rings. The molecule has 0 heterocycles. The molecule has 216 valence electrons. The highest BCUT2D eigenvalue weighted by atomic mass is 31.2. The molecule has 0 amide bonds. The summed E-state index contributed by atoms with van der Waals surface area (Å²) >= 11 is 0. The molecule has 1 N–H and O–H groups in total. The molecule has 0 saturated heterocycles. The number of hydrogen-bond donors (Lipinski definition) is 1. The van der Waals surface area contributed by atoms with Crippen molar-refractivity contribution in [2.45, 2.75) is 161 Å². The Labute approximate surface area is 226 Å². The zero-order chi connectivity index (χ0) is 27.0. The lowest BCUT2D eigenvalue weighted by atomic mass is 10.0. The minimum atomic E-state index is -3.58. The van der Waals surface area contributed by atoms with Gasteiger partial charge in [0.25, 0.3) is 0 Å². The summed E-state index contributed by atoms with van der Waals surface area (Å²) in [6.07, 6.45) is 32.9. The molecular formula is C31H65NO3P+. The Balaban J connectivity index is 3.47. The van der Waals surface area contributed by atoms with Crippen LogP contribution >= 0.6 is 7.60 Å². The summed E-state index contributed by atoms with van der Waals surface area (Å²) < 4.78 is 18.6. The second-order valence-electron chi connectivity index (χ2n) is 11.8. The van der Waals surface area contributed by atoms with E-state index in [2.05, 4.69) is 26.0 Å². The second-order valence-corrected chi connectivity index (χ2v) is 13.8. The van der Waals surface area contributed by atoms with Gasteiger partial charge in [-0.3, -0.25) is 4.57 Å². The lowest BCUT2D eigenvalue weighted by molar-refractivity contribution is -0.883. The van der Waals surface area contributed by atoms with Gasteiger partial charge >= 0.3 is 7.60 Å². The van der Waals surface area contributed by atoms with E-state index in [4.69, 9.17) is 4.52 Å². The number of nitrogens with zero attached hydrogens (tertiary/aromatic N) is 1. The highest BCUT2D eigenvalue weighted by Gasteiger charge is 2.41. The van der Waals surface area contributed by atoms with Gasteiger partial charge in [0.15, 0.2) is 5.78 Å². The lowest BCUT2D eigenvalue weighted by Crippen LogP contribution is -2.45. The minimum Gasteiger partial charge on any atom is -0.320 e. The average Bonchev–Trinajstić information content (AvgIpc) is 2.82. The molecule has 0 fully saturated rings. The monoisotopic (exact) mass is 530 g/mol. The van der Waals surface area contributed by atoms with Crippen LogP contribution in [0.3, 0.4) is 0 Å². The largest absolute Gasteiger partial charge is 0.385 e. The van der Waals surface area contributed by atoms with Crippen LogP contribution in [0.5, 0.6) is 0 Å². The van der Waals surface area contributed by atoms with E-state index in [0.29, 0.717) is 17.5 Å². The van der Waals surface area contributed by atoms with Crippen LogP contribution in [0.4, 0.5) is 0 Å². The molecule has 2 unspecified atom stereocenters. The molecule has 36 heavy (non-hydrogen) atoms. The van der Waals surface area contributed by atoms with Crippen molar-refractivity contribution in [2.24, 2.45) is 0 Å². The molecule has 5 heteroatoms. The summed E-state index contributed by atoms with van der Waals surface area (Å²) in [7, 11) is 2.33. The van der Waals surface area contributed by atoms with Crippen LogP contribution in [-0.2, 0) is 9.09 Å². The standard InChI is InChI=1S/C31H64NO3P/c1-6-8-9-10-11-12-13-14-15-16-17-18-19-20-21-22-23-24-25-26-27-28-30-35-36(33,34)31(29-7-2)32(3,4)5/h23-24,31H,6-22,25-30H2,1-5H3/p+1. The molecule has 0 aromatic carbocycles. The summed E-state index contributed by atoms with van der Waals surface area (Å²) in [4.78, 5) is 10.4. The fraction of sp³-hybridized carbons (Fsp3) is 0.935. The van der Waals surface area contributed by atoms with E-state index in [1.165, 1.54) is 103 Å². The number of rotatable bonds is 27. The van der Waals surface area contributed by atoms with Crippen molar-refractivity contribution in [1.29, 1.82) is 0 Å². The third kappa shape index (κ3) is 21.9. The van der Waals surface area contributed by atoms with Crippen LogP contribution < -0.4 is 0 Å². The van der Waals surface area contributed by atoms with E-state index >= 15 is 0 Å². The number of allylic oxidation sites excluding steroid dienone is 2. The normalized spacial score (nSPS) is 14.9. The highest BCUT2D eigenvalue weighted by Crippen LogP contribution is 2.51. The van der Waals surface area contributed by atoms with Gasteiger partial charge in [-0.25, -0.2) is 0 Å². The predicted molar refractivity (Wildman–Crippen MR) is 160 cm³/mol. The molecular weight excluding hydrogens is 465 g/mol. The van der Waals surface area contributed by atoms with Crippen molar-refractivity contribution in [3.8, 4) is 0 Å². The van der Waals surface area contributed by atoms with Crippen molar-refractivity contribution < 1.29 is 18.5 Å². The highest BCUT2D eigenvalue weighted by molar-refractivity contribution is 7.53. The molecule has 0 aromatic heterocycles. The zero-order valence-electron chi connectivity index (χ0n) is 25.2.